The summed E-state index contributed by atoms with van der Waals surface area (Å²) in [6.45, 7) is 6.29. The monoisotopic (exact) mass is 358 g/mol. The molecule has 0 aromatic rings. The number of hydrogen-bond acceptors (Lipinski definition) is 3. The van der Waals surface area contributed by atoms with Crippen LogP contribution in [0.5, 0.6) is 0 Å². The molecule has 4 fully saturated rings. The molecule has 8 atom stereocenters. The van der Waals surface area contributed by atoms with Crippen molar-refractivity contribution in [2.45, 2.75) is 90.3 Å². The van der Waals surface area contributed by atoms with Gasteiger partial charge in [-0.25, -0.2) is 0 Å². The van der Waals surface area contributed by atoms with Crippen molar-refractivity contribution in [2.75, 3.05) is 0 Å². The zero-order valence-corrected chi connectivity index (χ0v) is 16.6. The third-order valence-electron chi connectivity index (χ3n) is 9.34. The number of esters is 1. The van der Waals surface area contributed by atoms with Crippen molar-refractivity contribution in [3.8, 4) is 12.3 Å². The lowest BCUT2D eigenvalue weighted by atomic mass is 9.44. The van der Waals surface area contributed by atoms with Gasteiger partial charge in [0.2, 0.25) is 0 Å². The summed E-state index contributed by atoms with van der Waals surface area (Å²) in [5.41, 5.74) is -0.661. The molecule has 26 heavy (non-hydrogen) atoms. The summed E-state index contributed by atoms with van der Waals surface area (Å²) < 4.78 is 5.55. The predicted molar refractivity (Wildman–Crippen MR) is 101 cm³/mol. The Bertz CT molecular complexity index is 636. The Labute approximate surface area is 158 Å². The van der Waals surface area contributed by atoms with Crippen LogP contribution in [0.4, 0.5) is 0 Å². The fourth-order valence-corrected chi connectivity index (χ4v) is 7.81. The molecule has 0 bridgehead atoms. The van der Waals surface area contributed by atoms with Crippen molar-refractivity contribution in [2.24, 2.45) is 34.5 Å². The van der Waals surface area contributed by atoms with Gasteiger partial charge in [-0.05, 0) is 86.9 Å². The van der Waals surface area contributed by atoms with E-state index in [4.69, 9.17) is 11.2 Å². The van der Waals surface area contributed by atoms with Crippen LogP contribution in [0, 0.1) is 46.8 Å². The summed E-state index contributed by atoms with van der Waals surface area (Å²) in [6.07, 6.45) is 15.7. The number of carbonyl (C=O) groups is 1. The maximum atomic E-state index is 11.4. The van der Waals surface area contributed by atoms with Gasteiger partial charge in [-0.15, -0.1) is 6.42 Å². The molecule has 0 saturated heterocycles. The van der Waals surface area contributed by atoms with Crippen molar-refractivity contribution in [1.82, 2.24) is 0 Å². The lowest BCUT2D eigenvalue weighted by molar-refractivity contribution is -0.163. The average molecular weight is 359 g/mol. The summed E-state index contributed by atoms with van der Waals surface area (Å²) in [5.74, 6) is 5.29. The number of fused-ring (bicyclic) bond motifs is 5. The van der Waals surface area contributed by atoms with Crippen molar-refractivity contribution in [1.29, 1.82) is 0 Å². The van der Waals surface area contributed by atoms with Crippen LogP contribution in [0.2, 0.25) is 0 Å². The summed E-state index contributed by atoms with van der Waals surface area (Å²) in [7, 11) is 0. The zero-order valence-electron chi connectivity index (χ0n) is 16.6. The van der Waals surface area contributed by atoms with E-state index in [9.17, 15) is 9.90 Å². The molecule has 0 spiro atoms. The summed E-state index contributed by atoms with van der Waals surface area (Å²) in [6, 6.07) is 0. The number of hydrogen-bond donors (Lipinski definition) is 1. The largest absolute Gasteiger partial charge is 0.463 e. The molecule has 4 aliphatic carbocycles. The van der Waals surface area contributed by atoms with E-state index in [0.29, 0.717) is 23.2 Å². The number of ether oxygens (including phenoxy) is 1. The SMILES string of the molecule is C#C[C@@]1(O)CC[C@@H]2[C@@H]3CC[C@@H]4C[C@H](OC(C)=O)CC[C@@]4(C)[C@H]3CC[C@]21C. The molecule has 4 saturated carbocycles. The van der Waals surface area contributed by atoms with Gasteiger partial charge in [0.25, 0.3) is 0 Å². The van der Waals surface area contributed by atoms with Gasteiger partial charge in [0.15, 0.2) is 0 Å². The molecule has 3 heteroatoms. The van der Waals surface area contributed by atoms with Crippen molar-refractivity contribution >= 4 is 5.97 Å². The van der Waals surface area contributed by atoms with Gasteiger partial charge in [0.1, 0.15) is 11.7 Å². The molecule has 0 unspecified atom stereocenters. The van der Waals surface area contributed by atoms with Gasteiger partial charge in [0.05, 0.1) is 0 Å². The Hall–Kier alpha value is -1.01. The highest BCUT2D eigenvalue weighted by Gasteiger charge is 2.64. The van der Waals surface area contributed by atoms with Gasteiger partial charge >= 0.3 is 5.97 Å². The molecule has 4 aliphatic rings. The van der Waals surface area contributed by atoms with E-state index in [0.717, 1.165) is 38.0 Å². The van der Waals surface area contributed by atoms with Crippen molar-refractivity contribution < 1.29 is 14.6 Å². The summed E-state index contributed by atoms with van der Waals surface area (Å²) in [4.78, 5) is 11.4. The molecule has 0 aromatic carbocycles. The van der Waals surface area contributed by atoms with Crippen LogP contribution >= 0.6 is 0 Å². The molecule has 0 amide bonds. The molecule has 144 valence electrons. The van der Waals surface area contributed by atoms with Gasteiger partial charge in [-0.3, -0.25) is 4.79 Å². The highest BCUT2D eigenvalue weighted by molar-refractivity contribution is 5.66. The van der Waals surface area contributed by atoms with E-state index >= 15 is 0 Å². The van der Waals surface area contributed by atoms with Gasteiger partial charge in [0, 0.05) is 12.3 Å². The minimum Gasteiger partial charge on any atom is -0.463 e. The van der Waals surface area contributed by atoms with E-state index in [2.05, 4.69) is 19.8 Å². The van der Waals surface area contributed by atoms with Crippen molar-refractivity contribution in [3.05, 3.63) is 0 Å². The summed E-state index contributed by atoms with van der Waals surface area (Å²) in [5, 5.41) is 11.1. The molecule has 1 N–H and O–H groups in total. The van der Waals surface area contributed by atoms with Crippen LogP contribution in [0.25, 0.3) is 0 Å². The van der Waals surface area contributed by atoms with Crippen LogP contribution in [0.15, 0.2) is 0 Å². The van der Waals surface area contributed by atoms with Crippen molar-refractivity contribution in [3.63, 3.8) is 0 Å². The van der Waals surface area contributed by atoms with E-state index in [1.807, 2.05) is 0 Å². The fourth-order valence-electron chi connectivity index (χ4n) is 7.81. The third-order valence-corrected chi connectivity index (χ3v) is 9.34. The highest BCUT2D eigenvalue weighted by atomic mass is 16.5. The van der Waals surface area contributed by atoms with Crippen LogP contribution in [-0.4, -0.2) is 22.8 Å². The van der Waals surface area contributed by atoms with Crippen LogP contribution in [-0.2, 0) is 9.53 Å². The van der Waals surface area contributed by atoms with Crippen LogP contribution in [0.3, 0.4) is 0 Å². The minimum atomic E-state index is -0.909. The maximum Gasteiger partial charge on any atom is 0.302 e. The van der Waals surface area contributed by atoms with Crippen LogP contribution in [0.1, 0.15) is 78.6 Å². The second kappa shape index (κ2) is 5.99. The molecule has 0 radical (unpaired) electrons. The number of carbonyl (C=O) groups excluding carboxylic acids is 1. The third kappa shape index (κ3) is 2.40. The quantitative estimate of drug-likeness (QED) is 0.561. The first kappa shape index (κ1) is 18.4. The molecule has 0 aromatic heterocycles. The normalized spacial score (nSPS) is 53.0. The van der Waals surface area contributed by atoms with Crippen LogP contribution < -0.4 is 0 Å². The molecule has 3 nitrogen and oxygen atoms in total. The minimum absolute atomic E-state index is 0.110. The molecule has 4 rings (SSSR count). The van der Waals surface area contributed by atoms with E-state index < -0.39 is 5.60 Å². The maximum absolute atomic E-state index is 11.4. The molecule has 0 heterocycles. The summed E-state index contributed by atoms with van der Waals surface area (Å²) >= 11 is 0. The zero-order chi connectivity index (χ0) is 18.7. The Balaban J connectivity index is 1.56. The number of rotatable bonds is 1. The van der Waals surface area contributed by atoms with Gasteiger partial charge < -0.3 is 9.84 Å². The average Bonchev–Trinajstić information content (AvgIpc) is 2.87. The Morgan fingerprint density at radius 3 is 2.50 bits per heavy atom. The topological polar surface area (TPSA) is 46.5 Å². The first-order valence-electron chi connectivity index (χ1n) is 10.6. The molecule has 0 aliphatic heterocycles. The Morgan fingerprint density at radius 2 is 1.81 bits per heavy atom. The Kier molecular flexibility index (Phi) is 4.23. The first-order chi connectivity index (χ1) is 12.2. The van der Waals surface area contributed by atoms with E-state index in [1.165, 1.54) is 32.6 Å². The second-order valence-electron chi connectivity index (χ2n) is 10.2. The second-order valence-corrected chi connectivity index (χ2v) is 10.2. The molecular weight excluding hydrogens is 324 g/mol. The lowest BCUT2D eigenvalue weighted by Gasteiger charge is -2.61. The Morgan fingerprint density at radius 1 is 1.08 bits per heavy atom. The fraction of sp³-hybridized carbons (Fsp3) is 0.870. The number of terminal acetylenes is 1. The molecular formula is C23H34O3. The smallest absolute Gasteiger partial charge is 0.302 e. The van der Waals surface area contributed by atoms with E-state index in [1.54, 1.807) is 0 Å². The standard InChI is InChI=1S/C23H34O3/c1-5-23(25)13-10-20-18-7-6-16-14-17(26-15(2)24)8-11-21(16,3)19(18)9-12-22(20,23)4/h1,16-20,25H,6-14H2,2-4H3/t16-,17-,18-,19+,20-,21-,22-,23-/m1/s1. The lowest BCUT2D eigenvalue weighted by Crippen LogP contribution is -2.56. The van der Waals surface area contributed by atoms with E-state index in [-0.39, 0.29) is 17.5 Å². The van der Waals surface area contributed by atoms with Gasteiger partial charge in [-0.1, -0.05) is 19.8 Å². The van der Waals surface area contributed by atoms with Gasteiger partial charge in [-0.2, -0.15) is 0 Å². The predicted octanol–water partition coefficient (Wildman–Crippen LogP) is 4.33. The first-order valence-corrected chi connectivity index (χ1v) is 10.6. The highest BCUT2D eigenvalue weighted by Crippen LogP contribution is 2.68. The number of aliphatic hydroxyl groups is 1.